The number of carbonyl (C=O) groups excluding carboxylic acids is 1. The highest BCUT2D eigenvalue weighted by Crippen LogP contribution is 2.17. The fraction of sp³-hybridized carbons (Fsp3) is 0.667. The van der Waals surface area contributed by atoms with E-state index < -0.39 is 9.84 Å². The van der Waals surface area contributed by atoms with Gasteiger partial charge in [0.25, 0.3) is 0 Å². The summed E-state index contributed by atoms with van der Waals surface area (Å²) in [5.74, 6) is 1.19. The van der Waals surface area contributed by atoms with Gasteiger partial charge in [-0.05, 0) is 18.4 Å². The summed E-state index contributed by atoms with van der Waals surface area (Å²) >= 11 is 0. The van der Waals surface area contributed by atoms with Gasteiger partial charge in [0.2, 0.25) is 11.9 Å². The van der Waals surface area contributed by atoms with Crippen molar-refractivity contribution in [3.63, 3.8) is 0 Å². The predicted octanol–water partition coefficient (Wildman–Crippen LogP) is -0.850. The second-order valence-electron chi connectivity index (χ2n) is 6.39. The van der Waals surface area contributed by atoms with Crippen LogP contribution in [0.15, 0.2) is 18.5 Å². The van der Waals surface area contributed by atoms with E-state index >= 15 is 0 Å². The molecule has 3 heterocycles. The highest BCUT2D eigenvalue weighted by molar-refractivity contribution is 7.91. The molecule has 1 atom stereocenters. The third-order valence-corrected chi connectivity index (χ3v) is 6.33. The number of carbonyl (C=O) groups is 1. The molecule has 2 aliphatic heterocycles. The van der Waals surface area contributed by atoms with Crippen LogP contribution < -0.4 is 10.2 Å². The summed E-state index contributed by atoms with van der Waals surface area (Å²) in [6.45, 7) is 3.95. The van der Waals surface area contributed by atoms with E-state index in [4.69, 9.17) is 0 Å². The number of aromatic nitrogens is 2. The van der Waals surface area contributed by atoms with Gasteiger partial charge in [-0.25, -0.2) is 18.4 Å². The smallest absolute Gasteiger partial charge is 0.234 e. The largest absolute Gasteiger partial charge is 0.355 e. The summed E-state index contributed by atoms with van der Waals surface area (Å²) < 4.78 is 22.8. The fourth-order valence-corrected chi connectivity index (χ4v) is 4.97. The monoisotopic (exact) mass is 353 g/mol. The highest BCUT2D eigenvalue weighted by Gasteiger charge is 2.28. The molecule has 1 N–H and O–H groups in total. The normalized spacial score (nSPS) is 24.0. The molecule has 0 spiro atoms. The molecule has 2 saturated heterocycles. The van der Waals surface area contributed by atoms with Crippen LogP contribution in [0.1, 0.15) is 6.42 Å². The van der Waals surface area contributed by atoms with Gasteiger partial charge in [-0.2, -0.15) is 0 Å². The fourth-order valence-electron chi connectivity index (χ4n) is 3.11. The Bertz CT molecular complexity index is 659. The van der Waals surface area contributed by atoms with E-state index in [9.17, 15) is 13.2 Å². The van der Waals surface area contributed by atoms with Crippen LogP contribution in [0.25, 0.3) is 0 Å². The first-order valence-corrected chi connectivity index (χ1v) is 10.1. The molecule has 1 aromatic heterocycles. The number of anilines is 1. The molecule has 2 aliphatic rings. The summed E-state index contributed by atoms with van der Waals surface area (Å²) in [4.78, 5) is 24.7. The first-order valence-electron chi connectivity index (χ1n) is 8.23. The lowest BCUT2D eigenvalue weighted by atomic mass is 10.1. The molecule has 0 radical (unpaired) electrons. The van der Waals surface area contributed by atoms with Crippen molar-refractivity contribution in [3.05, 3.63) is 18.5 Å². The lowest BCUT2D eigenvalue weighted by Crippen LogP contribution is -2.50. The maximum atomic E-state index is 12.0. The Morgan fingerprint density at radius 1 is 1.21 bits per heavy atom. The van der Waals surface area contributed by atoms with Crippen molar-refractivity contribution in [1.29, 1.82) is 0 Å². The van der Waals surface area contributed by atoms with E-state index in [1.54, 1.807) is 18.5 Å². The molecule has 1 amide bonds. The minimum absolute atomic E-state index is 0.0382. The topological polar surface area (TPSA) is 95.5 Å². The van der Waals surface area contributed by atoms with Gasteiger partial charge in [0, 0.05) is 45.1 Å². The minimum Gasteiger partial charge on any atom is -0.355 e. The molecule has 24 heavy (non-hydrogen) atoms. The summed E-state index contributed by atoms with van der Waals surface area (Å²) in [5, 5.41) is 2.87. The molecule has 0 unspecified atom stereocenters. The lowest BCUT2D eigenvalue weighted by molar-refractivity contribution is -0.122. The molecule has 132 valence electrons. The molecule has 1 aromatic rings. The molecule has 8 nitrogen and oxygen atoms in total. The zero-order chi connectivity index (χ0) is 17.0. The van der Waals surface area contributed by atoms with Crippen LogP contribution in [-0.2, 0) is 14.6 Å². The van der Waals surface area contributed by atoms with E-state index in [0.29, 0.717) is 19.5 Å². The van der Waals surface area contributed by atoms with Gasteiger partial charge < -0.3 is 10.2 Å². The summed E-state index contributed by atoms with van der Waals surface area (Å²) in [6.07, 6.45) is 4.11. The molecule has 0 bridgehead atoms. The van der Waals surface area contributed by atoms with Crippen LogP contribution in [0.3, 0.4) is 0 Å². The van der Waals surface area contributed by atoms with Gasteiger partial charge in [-0.3, -0.25) is 9.69 Å². The van der Waals surface area contributed by atoms with Crippen molar-refractivity contribution in [1.82, 2.24) is 20.2 Å². The Hall–Kier alpha value is -1.74. The van der Waals surface area contributed by atoms with Crippen molar-refractivity contribution in [3.8, 4) is 0 Å². The number of hydrogen-bond acceptors (Lipinski definition) is 7. The number of nitrogens with one attached hydrogen (secondary N) is 1. The maximum absolute atomic E-state index is 12.0. The molecule has 9 heteroatoms. The van der Waals surface area contributed by atoms with E-state index in [-0.39, 0.29) is 23.3 Å². The third kappa shape index (κ3) is 4.64. The van der Waals surface area contributed by atoms with E-state index in [1.807, 2.05) is 0 Å². The van der Waals surface area contributed by atoms with Gasteiger partial charge in [-0.1, -0.05) is 0 Å². The molecular weight excluding hydrogens is 330 g/mol. The summed E-state index contributed by atoms with van der Waals surface area (Å²) in [5.41, 5.74) is 0. The first kappa shape index (κ1) is 17.1. The molecule has 3 rings (SSSR count). The second-order valence-corrected chi connectivity index (χ2v) is 8.61. The van der Waals surface area contributed by atoms with Crippen LogP contribution >= 0.6 is 0 Å². The Labute approximate surface area is 142 Å². The van der Waals surface area contributed by atoms with Crippen LogP contribution in [0.2, 0.25) is 0 Å². The van der Waals surface area contributed by atoms with Crippen molar-refractivity contribution >= 4 is 21.7 Å². The zero-order valence-electron chi connectivity index (χ0n) is 13.6. The van der Waals surface area contributed by atoms with E-state index in [2.05, 4.69) is 25.1 Å². The Morgan fingerprint density at radius 2 is 1.92 bits per heavy atom. The third-order valence-electron chi connectivity index (χ3n) is 4.49. The number of amides is 1. The number of rotatable bonds is 5. The Balaban J connectivity index is 1.37. The van der Waals surface area contributed by atoms with Crippen LogP contribution in [0.5, 0.6) is 0 Å². The van der Waals surface area contributed by atoms with Gasteiger partial charge in [0.15, 0.2) is 9.84 Å². The summed E-state index contributed by atoms with van der Waals surface area (Å²) in [7, 11) is -2.88. The SMILES string of the molecule is O=C(CN1CCN(c2ncccn2)CC1)NC[C@@H]1CCS(=O)(=O)C1. The van der Waals surface area contributed by atoms with Crippen molar-refractivity contribution in [2.24, 2.45) is 5.92 Å². The molecule has 0 aromatic carbocycles. The predicted molar refractivity (Wildman–Crippen MR) is 90.5 cm³/mol. The Kier molecular flexibility index (Phi) is 5.30. The summed E-state index contributed by atoms with van der Waals surface area (Å²) in [6, 6.07) is 1.79. The van der Waals surface area contributed by atoms with Gasteiger partial charge >= 0.3 is 0 Å². The quantitative estimate of drug-likeness (QED) is 0.737. The second kappa shape index (κ2) is 7.43. The minimum atomic E-state index is -2.88. The maximum Gasteiger partial charge on any atom is 0.234 e. The van der Waals surface area contributed by atoms with E-state index in [1.165, 1.54) is 0 Å². The number of piperazine rings is 1. The van der Waals surface area contributed by atoms with Crippen molar-refractivity contribution in [2.75, 3.05) is 55.7 Å². The molecule has 0 saturated carbocycles. The Morgan fingerprint density at radius 3 is 2.54 bits per heavy atom. The number of nitrogens with zero attached hydrogens (tertiary/aromatic N) is 4. The molecule has 0 aliphatic carbocycles. The lowest BCUT2D eigenvalue weighted by Gasteiger charge is -2.34. The van der Waals surface area contributed by atoms with E-state index in [0.717, 1.165) is 32.1 Å². The highest BCUT2D eigenvalue weighted by atomic mass is 32.2. The van der Waals surface area contributed by atoms with Gasteiger partial charge in [0.05, 0.1) is 18.1 Å². The van der Waals surface area contributed by atoms with Gasteiger partial charge in [0.1, 0.15) is 0 Å². The number of sulfone groups is 1. The molecule has 2 fully saturated rings. The van der Waals surface area contributed by atoms with Crippen LogP contribution in [0.4, 0.5) is 5.95 Å². The van der Waals surface area contributed by atoms with Crippen molar-refractivity contribution in [2.45, 2.75) is 6.42 Å². The standard InChI is InChI=1S/C15H23N5O3S/c21-14(18-10-13-2-9-24(22,23)12-13)11-19-5-7-20(8-6-19)15-16-3-1-4-17-15/h1,3-4,13H,2,5-12H2,(H,18,21)/t13-/m0/s1. The van der Waals surface area contributed by atoms with Crippen molar-refractivity contribution < 1.29 is 13.2 Å². The average Bonchev–Trinajstić information content (AvgIpc) is 2.94. The zero-order valence-corrected chi connectivity index (χ0v) is 14.4. The van der Waals surface area contributed by atoms with Crippen LogP contribution in [0, 0.1) is 5.92 Å². The van der Waals surface area contributed by atoms with Gasteiger partial charge in [-0.15, -0.1) is 0 Å². The average molecular weight is 353 g/mol. The number of hydrogen-bond donors (Lipinski definition) is 1. The first-order chi connectivity index (χ1) is 11.5. The molecular formula is C15H23N5O3S. The van der Waals surface area contributed by atoms with Crippen LogP contribution in [-0.4, -0.2) is 80.0 Å².